The SMILES string of the molecule is CC(C)(C)P(c1ccc(OC(F)(F)F)cc1)C(C)(C)C.CC(C)(C)P(c1ccc(OC(F)(F)F)cc1)C(C)(C)C.[Cl][Pd][Cl]. The van der Waals surface area contributed by atoms with Crippen molar-refractivity contribution < 1.29 is 51.8 Å². The fourth-order valence-corrected chi connectivity index (χ4v) is 13.2. The van der Waals surface area contributed by atoms with Gasteiger partial charge in [-0.1, -0.05) is 123 Å². The van der Waals surface area contributed by atoms with E-state index in [0.717, 1.165) is 10.6 Å². The zero-order valence-corrected chi connectivity index (χ0v) is 31.5. The fraction of sp³-hybridized carbons (Fsp3) is 0.600. The van der Waals surface area contributed by atoms with E-state index in [2.05, 4.69) is 92.6 Å². The Labute approximate surface area is 272 Å². The Bertz CT molecular complexity index is 970. The van der Waals surface area contributed by atoms with Crippen molar-refractivity contribution in [3.05, 3.63) is 48.5 Å². The third kappa shape index (κ3) is 17.3. The summed E-state index contributed by atoms with van der Waals surface area (Å²) in [4.78, 5) is 0. The first-order chi connectivity index (χ1) is 19.0. The van der Waals surface area contributed by atoms with E-state index < -0.39 is 28.6 Å². The summed E-state index contributed by atoms with van der Waals surface area (Å²) in [5.41, 5.74) is 0. The van der Waals surface area contributed by atoms with Crippen molar-refractivity contribution in [1.82, 2.24) is 0 Å². The molecule has 0 heterocycles. The summed E-state index contributed by atoms with van der Waals surface area (Å²) in [6.07, 6.45) is -9.28. The number of benzene rings is 2. The zero-order chi connectivity index (χ0) is 34.2. The molecule has 0 aliphatic heterocycles. The summed E-state index contributed by atoms with van der Waals surface area (Å²) in [6, 6.07) is 12.6. The Morgan fingerprint density at radius 3 is 0.791 bits per heavy atom. The second-order valence-electron chi connectivity index (χ2n) is 13.5. The van der Waals surface area contributed by atoms with Crippen LogP contribution < -0.4 is 20.1 Å². The first kappa shape index (κ1) is 42.7. The summed E-state index contributed by atoms with van der Waals surface area (Å²) in [7, 11) is 8.59. The van der Waals surface area contributed by atoms with Gasteiger partial charge in [-0.15, -0.1) is 26.3 Å². The van der Waals surface area contributed by atoms with Crippen molar-refractivity contribution in [2.24, 2.45) is 0 Å². The van der Waals surface area contributed by atoms with Crippen LogP contribution in [0.25, 0.3) is 0 Å². The van der Waals surface area contributed by atoms with Gasteiger partial charge in [0.25, 0.3) is 0 Å². The molecule has 0 fully saturated rings. The molecule has 0 aliphatic rings. The van der Waals surface area contributed by atoms with Gasteiger partial charge in [-0.3, -0.25) is 0 Å². The third-order valence-corrected chi connectivity index (χ3v) is 12.3. The first-order valence-electron chi connectivity index (χ1n) is 13.2. The van der Waals surface area contributed by atoms with Gasteiger partial charge in [0, 0.05) is 0 Å². The number of alkyl halides is 6. The van der Waals surface area contributed by atoms with E-state index in [1.165, 1.54) is 24.3 Å². The normalized spacial score (nSPS) is 13.3. The Balaban J connectivity index is 0.000000751. The number of halogens is 8. The van der Waals surface area contributed by atoms with Crippen molar-refractivity contribution in [1.29, 1.82) is 0 Å². The summed E-state index contributed by atoms with van der Waals surface area (Å²) in [5, 5.41) is 2.52. The quantitative estimate of drug-likeness (QED) is 0.175. The van der Waals surface area contributed by atoms with E-state index in [0.29, 0.717) is 0 Å². The van der Waals surface area contributed by atoms with Crippen LogP contribution in [-0.2, 0) is 15.9 Å². The average molecular weight is 790 g/mol. The van der Waals surface area contributed by atoms with Crippen LogP contribution in [0.4, 0.5) is 26.3 Å². The topological polar surface area (TPSA) is 18.5 Å². The van der Waals surface area contributed by atoms with Gasteiger partial charge in [0.15, 0.2) is 0 Å². The van der Waals surface area contributed by atoms with Gasteiger partial charge in [0.2, 0.25) is 0 Å². The fourth-order valence-electron chi connectivity index (χ4n) is 5.16. The summed E-state index contributed by atoms with van der Waals surface area (Å²) in [6.45, 7) is 26.0. The molecule has 0 atom stereocenters. The molecule has 43 heavy (non-hydrogen) atoms. The predicted molar refractivity (Wildman–Crippen MR) is 170 cm³/mol. The van der Waals surface area contributed by atoms with Gasteiger partial charge < -0.3 is 9.47 Å². The summed E-state index contributed by atoms with van der Waals surface area (Å²) >= 11 is -0.106. The Kier molecular flexibility index (Phi) is 16.4. The van der Waals surface area contributed by atoms with Gasteiger partial charge in [-0.25, -0.2) is 0 Å². The maximum atomic E-state index is 12.2. The molecule has 0 radical (unpaired) electrons. The zero-order valence-electron chi connectivity index (χ0n) is 26.7. The molecule has 13 heteroatoms. The molecule has 2 nitrogen and oxygen atoms in total. The molecule has 2 rings (SSSR count). The van der Waals surface area contributed by atoms with Crippen LogP contribution in [0.2, 0.25) is 0 Å². The van der Waals surface area contributed by atoms with E-state index in [-0.39, 0.29) is 48.1 Å². The second-order valence-corrected chi connectivity index (χ2v) is 23.6. The van der Waals surface area contributed by atoms with Crippen molar-refractivity contribution in [2.45, 2.75) is 116 Å². The third-order valence-electron chi connectivity index (χ3n) is 5.34. The summed E-state index contributed by atoms with van der Waals surface area (Å²) < 4.78 is 80.8. The monoisotopic (exact) mass is 788 g/mol. The first-order valence-corrected chi connectivity index (χ1v) is 19.9. The number of rotatable bonds is 4. The molecule has 0 amide bonds. The summed E-state index contributed by atoms with van der Waals surface area (Å²) in [5.74, 6) is -0.335. The molecule has 0 saturated heterocycles. The molecule has 0 saturated carbocycles. The van der Waals surface area contributed by atoms with E-state index in [1.807, 2.05) is 0 Å². The predicted octanol–water partition coefficient (Wildman–Crippen LogP) is 12.0. The van der Waals surface area contributed by atoms with Crippen molar-refractivity contribution in [2.75, 3.05) is 0 Å². The van der Waals surface area contributed by atoms with Gasteiger partial charge in [0.1, 0.15) is 11.5 Å². The Hall–Kier alpha value is -0.278. The molecule has 0 aliphatic carbocycles. The molecule has 252 valence electrons. The average Bonchev–Trinajstić information content (AvgIpc) is 2.71. The van der Waals surface area contributed by atoms with Gasteiger partial charge >= 0.3 is 47.7 Å². The number of ether oxygens (including phenoxy) is 2. The van der Waals surface area contributed by atoms with E-state index in [9.17, 15) is 26.3 Å². The standard InChI is InChI=1S/2C15H22F3OP.2ClH.Pd/c2*1-13(2,3)20(14(4,5)6)12-9-7-11(8-10-12)19-15(16,17)18;;;/h2*7-10H,1-6H3;2*1H;/q;;;;+2/p-2. The van der Waals surface area contributed by atoms with Crippen LogP contribution >= 0.6 is 34.9 Å². The van der Waals surface area contributed by atoms with E-state index in [4.69, 9.17) is 19.1 Å². The molecule has 0 bridgehead atoms. The van der Waals surface area contributed by atoms with E-state index >= 15 is 0 Å². The van der Waals surface area contributed by atoms with Crippen LogP contribution in [0.5, 0.6) is 11.5 Å². The second kappa shape index (κ2) is 16.5. The minimum atomic E-state index is -4.64. The molecular formula is C30H44Cl2F6O2P2Pd. The van der Waals surface area contributed by atoms with Crippen molar-refractivity contribution in [3.8, 4) is 11.5 Å². The van der Waals surface area contributed by atoms with Crippen molar-refractivity contribution >= 4 is 45.5 Å². The van der Waals surface area contributed by atoms with Crippen LogP contribution in [0.1, 0.15) is 83.1 Å². The molecule has 0 N–H and O–H groups in total. The Morgan fingerprint density at radius 1 is 0.465 bits per heavy atom. The maximum absolute atomic E-state index is 12.2. The van der Waals surface area contributed by atoms with Crippen LogP contribution in [0.15, 0.2) is 48.5 Å². The van der Waals surface area contributed by atoms with Gasteiger partial charge in [-0.2, -0.15) is 0 Å². The van der Waals surface area contributed by atoms with E-state index in [1.54, 1.807) is 24.3 Å². The Morgan fingerprint density at radius 2 is 0.651 bits per heavy atom. The van der Waals surface area contributed by atoms with Gasteiger partial charge in [0.05, 0.1) is 0 Å². The number of hydrogen-bond acceptors (Lipinski definition) is 2. The van der Waals surface area contributed by atoms with Crippen molar-refractivity contribution in [3.63, 3.8) is 0 Å². The molecule has 0 spiro atoms. The van der Waals surface area contributed by atoms with Crippen LogP contribution in [0, 0.1) is 0 Å². The molecular weight excluding hydrogens is 746 g/mol. The minimum absolute atomic E-state index is 0.0833. The van der Waals surface area contributed by atoms with Crippen LogP contribution in [-0.4, -0.2) is 33.3 Å². The van der Waals surface area contributed by atoms with Gasteiger partial charge in [-0.05, 0) is 55.5 Å². The number of hydrogen-bond donors (Lipinski definition) is 0. The molecule has 0 unspecified atom stereocenters. The van der Waals surface area contributed by atoms with Crippen LogP contribution in [0.3, 0.4) is 0 Å². The molecule has 2 aromatic rings. The molecule has 0 aromatic heterocycles. The molecule has 2 aromatic carbocycles.